The Balaban J connectivity index is 1.88. The topological polar surface area (TPSA) is 24.5 Å². The van der Waals surface area contributed by atoms with Gasteiger partial charge in [-0.1, -0.05) is 32.0 Å². The Labute approximate surface area is 129 Å². The van der Waals surface area contributed by atoms with Gasteiger partial charge in [-0.2, -0.15) is 0 Å². The molecule has 1 atom stereocenters. The maximum Gasteiger partial charge on any atom is 0.122 e. The lowest BCUT2D eigenvalue weighted by molar-refractivity contribution is 0.257. The molecule has 0 radical (unpaired) electrons. The van der Waals surface area contributed by atoms with Gasteiger partial charge in [0, 0.05) is 19.1 Å². The monoisotopic (exact) mass is 290 g/mol. The third-order valence-electron chi connectivity index (χ3n) is 4.21. The molecule has 0 bridgehead atoms. The summed E-state index contributed by atoms with van der Waals surface area (Å²) in [5.41, 5.74) is 1.32. The van der Waals surface area contributed by atoms with Crippen molar-refractivity contribution in [2.75, 3.05) is 33.3 Å². The lowest BCUT2D eigenvalue weighted by Crippen LogP contribution is -2.39. The van der Waals surface area contributed by atoms with Crippen LogP contribution in [0.5, 0.6) is 5.75 Å². The summed E-state index contributed by atoms with van der Waals surface area (Å²) in [6.45, 7) is 9.28. The van der Waals surface area contributed by atoms with Gasteiger partial charge in [-0.25, -0.2) is 0 Å². The number of methoxy groups -OCH3 is 1. The van der Waals surface area contributed by atoms with Crippen LogP contribution in [0.1, 0.15) is 32.3 Å². The van der Waals surface area contributed by atoms with Crippen LogP contribution in [0.15, 0.2) is 24.3 Å². The van der Waals surface area contributed by atoms with Gasteiger partial charge in [0.15, 0.2) is 0 Å². The summed E-state index contributed by atoms with van der Waals surface area (Å²) in [5, 5.41) is 3.70. The number of hydrogen-bond acceptors (Lipinski definition) is 3. The molecule has 0 aliphatic carbocycles. The Bertz CT molecular complexity index is 419. The molecule has 1 aliphatic rings. The maximum atomic E-state index is 5.45. The van der Waals surface area contributed by atoms with Crippen LogP contribution in [0.3, 0.4) is 0 Å². The summed E-state index contributed by atoms with van der Waals surface area (Å²) in [6, 6.07) is 9.02. The summed E-state index contributed by atoms with van der Waals surface area (Å²) in [4.78, 5) is 2.61. The first-order valence-electron chi connectivity index (χ1n) is 8.26. The Hall–Kier alpha value is -1.06. The van der Waals surface area contributed by atoms with Gasteiger partial charge in [0.05, 0.1) is 7.11 Å². The summed E-state index contributed by atoms with van der Waals surface area (Å²) in [7, 11) is 1.76. The van der Waals surface area contributed by atoms with Gasteiger partial charge in [0.1, 0.15) is 5.75 Å². The molecule has 3 heteroatoms. The fourth-order valence-electron chi connectivity index (χ4n) is 3.19. The average molecular weight is 290 g/mol. The van der Waals surface area contributed by atoms with Gasteiger partial charge in [0.2, 0.25) is 0 Å². The van der Waals surface area contributed by atoms with Crippen LogP contribution in [-0.4, -0.2) is 44.2 Å². The van der Waals surface area contributed by atoms with Crippen LogP contribution in [-0.2, 0) is 6.42 Å². The highest BCUT2D eigenvalue weighted by molar-refractivity contribution is 5.33. The molecule has 1 N–H and O–H groups in total. The van der Waals surface area contributed by atoms with Gasteiger partial charge in [-0.05, 0) is 49.9 Å². The van der Waals surface area contributed by atoms with E-state index in [2.05, 4.69) is 42.3 Å². The molecule has 1 unspecified atom stereocenters. The molecule has 1 aromatic rings. The minimum Gasteiger partial charge on any atom is -0.496 e. The number of nitrogens with one attached hydrogen (secondary N) is 1. The Morgan fingerprint density at radius 1 is 1.33 bits per heavy atom. The Morgan fingerprint density at radius 2 is 2.14 bits per heavy atom. The number of rotatable bonds is 6. The van der Waals surface area contributed by atoms with Crippen LogP contribution >= 0.6 is 0 Å². The molecule has 0 spiro atoms. The zero-order chi connectivity index (χ0) is 15.1. The summed E-state index contributed by atoms with van der Waals surface area (Å²) in [5.74, 6) is 1.78. The lowest BCUT2D eigenvalue weighted by atomic mass is 10.0. The van der Waals surface area contributed by atoms with Gasteiger partial charge in [-0.3, -0.25) is 0 Å². The van der Waals surface area contributed by atoms with E-state index < -0.39 is 0 Å². The van der Waals surface area contributed by atoms with Crippen LogP contribution in [0, 0.1) is 5.92 Å². The van der Waals surface area contributed by atoms with Crippen molar-refractivity contribution in [1.29, 1.82) is 0 Å². The van der Waals surface area contributed by atoms with E-state index in [1.54, 1.807) is 7.11 Å². The van der Waals surface area contributed by atoms with E-state index in [0.717, 1.165) is 31.2 Å². The SMILES string of the molecule is COc1ccccc1CCN1CCCNC(CC(C)C)C1. The van der Waals surface area contributed by atoms with Crippen molar-refractivity contribution in [3.8, 4) is 5.75 Å². The second-order valence-electron chi connectivity index (χ2n) is 6.50. The second-order valence-corrected chi connectivity index (χ2v) is 6.50. The van der Waals surface area contributed by atoms with Crippen molar-refractivity contribution in [3.63, 3.8) is 0 Å². The van der Waals surface area contributed by atoms with E-state index in [1.165, 1.54) is 31.5 Å². The van der Waals surface area contributed by atoms with E-state index in [0.29, 0.717) is 6.04 Å². The number of nitrogens with zero attached hydrogens (tertiary/aromatic N) is 1. The van der Waals surface area contributed by atoms with Crippen LogP contribution in [0.25, 0.3) is 0 Å². The van der Waals surface area contributed by atoms with Crippen molar-refractivity contribution >= 4 is 0 Å². The summed E-state index contributed by atoms with van der Waals surface area (Å²) >= 11 is 0. The zero-order valence-corrected chi connectivity index (χ0v) is 13.8. The molecule has 0 saturated carbocycles. The highest BCUT2D eigenvalue weighted by atomic mass is 16.5. The minimum atomic E-state index is 0.644. The van der Waals surface area contributed by atoms with E-state index >= 15 is 0 Å². The normalized spacial score (nSPS) is 20.5. The van der Waals surface area contributed by atoms with Crippen LogP contribution < -0.4 is 10.1 Å². The van der Waals surface area contributed by atoms with Crippen molar-refractivity contribution in [2.45, 2.75) is 39.2 Å². The largest absolute Gasteiger partial charge is 0.496 e. The van der Waals surface area contributed by atoms with Gasteiger partial charge >= 0.3 is 0 Å². The van der Waals surface area contributed by atoms with Crippen molar-refractivity contribution < 1.29 is 4.74 Å². The number of ether oxygens (including phenoxy) is 1. The molecule has 0 amide bonds. The molecular formula is C18H30N2O. The van der Waals surface area contributed by atoms with E-state index in [-0.39, 0.29) is 0 Å². The third-order valence-corrected chi connectivity index (χ3v) is 4.21. The molecule has 1 aliphatic heterocycles. The first-order chi connectivity index (χ1) is 10.2. The smallest absolute Gasteiger partial charge is 0.122 e. The fraction of sp³-hybridized carbons (Fsp3) is 0.667. The number of para-hydroxylation sites is 1. The minimum absolute atomic E-state index is 0.644. The molecular weight excluding hydrogens is 260 g/mol. The molecule has 1 aromatic carbocycles. The number of benzene rings is 1. The summed E-state index contributed by atoms with van der Waals surface area (Å²) < 4.78 is 5.45. The highest BCUT2D eigenvalue weighted by Crippen LogP contribution is 2.18. The second kappa shape index (κ2) is 8.40. The molecule has 2 rings (SSSR count). The molecule has 0 aromatic heterocycles. The molecule has 1 fully saturated rings. The number of hydrogen-bond donors (Lipinski definition) is 1. The van der Waals surface area contributed by atoms with E-state index in [4.69, 9.17) is 4.74 Å². The molecule has 21 heavy (non-hydrogen) atoms. The zero-order valence-electron chi connectivity index (χ0n) is 13.8. The van der Waals surface area contributed by atoms with Crippen molar-refractivity contribution in [1.82, 2.24) is 10.2 Å². The van der Waals surface area contributed by atoms with Gasteiger partial charge in [0.25, 0.3) is 0 Å². The molecule has 118 valence electrons. The highest BCUT2D eigenvalue weighted by Gasteiger charge is 2.18. The van der Waals surface area contributed by atoms with Crippen LogP contribution in [0.2, 0.25) is 0 Å². The third kappa shape index (κ3) is 5.33. The predicted octanol–water partition coefficient (Wildman–Crippen LogP) is 2.95. The van der Waals surface area contributed by atoms with Gasteiger partial charge < -0.3 is 15.0 Å². The Kier molecular flexibility index (Phi) is 6.52. The quantitative estimate of drug-likeness (QED) is 0.872. The first-order valence-corrected chi connectivity index (χ1v) is 8.26. The summed E-state index contributed by atoms with van der Waals surface area (Å²) in [6.07, 6.45) is 3.59. The first kappa shape index (κ1) is 16.3. The Morgan fingerprint density at radius 3 is 2.90 bits per heavy atom. The van der Waals surface area contributed by atoms with Crippen molar-refractivity contribution in [3.05, 3.63) is 29.8 Å². The lowest BCUT2D eigenvalue weighted by Gasteiger charge is -2.25. The standard InChI is InChI=1S/C18H30N2O/c1-15(2)13-17-14-20(11-6-10-19-17)12-9-16-7-4-5-8-18(16)21-3/h4-5,7-8,15,17,19H,6,9-14H2,1-3H3. The molecule has 1 heterocycles. The van der Waals surface area contributed by atoms with Crippen LogP contribution in [0.4, 0.5) is 0 Å². The molecule has 1 saturated heterocycles. The van der Waals surface area contributed by atoms with E-state index in [1.807, 2.05) is 6.07 Å². The fourth-order valence-corrected chi connectivity index (χ4v) is 3.19. The van der Waals surface area contributed by atoms with E-state index in [9.17, 15) is 0 Å². The van der Waals surface area contributed by atoms with Gasteiger partial charge in [-0.15, -0.1) is 0 Å². The average Bonchev–Trinajstić information content (AvgIpc) is 2.70. The maximum absolute atomic E-state index is 5.45. The molecule has 3 nitrogen and oxygen atoms in total. The van der Waals surface area contributed by atoms with Crippen molar-refractivity contribution in [2.24, 2.45) is 5.92 Å². The predicted molar refractivity (Wildman–Crippen MR) is 89.0 cm³/mol.